The van der Waals surface area contributed by atoms with Crippen molar-refractivity contribution in [2.45, 2.75) is 0 Å². The van der Waals surface area contributed by atoms with Gasteiger partial charge in [-0.05, 0) is 30.3 Å². The lowest BCUT2D eigenvalue weighted by molar-refractivity contribution is 0.628. The highest BCUT2D eigenvalue weighted by atomic mass is 19.1. The molecule has 0 spiro atoms. The topological polar surface area (TPSA) is 52.7 Å². The van der Waals surface area contributed by atoms with Crippen molar-refractivity contribution < 1.29 is 4.39 Å². The van der Waals surface area contributed by atoms with E-state index in [0.717, 1.165) is 5.69 Å². The molecule has 5 heteroatoms. The van der Waals surface area contributed by atoms with Gasteiger partial charge in [0.15, 0.2) is 5.82 Å². The summed E-state index contributed by atoms with van der Waals surface area (Å²) in [5, 5.41) is 13.2. The molecule has 0 aliphatic heterocycles. The first-order valence-corrected chi connectivity index (χ1v) is 6.20. The van der Waals surface area contributed by atoms with Crippen LogP contribution in [-0.4, -0.2) is 10.2 Å². The van der Waals surface area contributed by atoms with Crippen LogP contribution in [0, 0.1) is 5.82 Å². The number of halogens is 1. The minimum Gasteiger partial charge on any atom is -0.340 e. The van der Waals surface area contributed by atoms with Crippen LogP contribution in [0.1, 0.15) is 0 Å². The number of rotatable bonds is 4. The van der Waals surface area contributed by atoms with Gasteiger partial charge in [-0.1, -0.05) is 24.3 Å². The van der Waals surface area contributed by atoms with Gasteiger partial charge in [-0.25, -0.2) is 4.39 Å². The maximum atomic E-state index is 13.1. The Morgan fingerprint density at radius 2 is 1.65 bits per heavy atom. The molecule has 1 heterocycles. The van der Waals surface area contributed by atoms with Crippen LogP contribution in [0.3, 0.4) is 0 Å². The minimum absolute atomic E-state index is 0.280. The summed E-state index contributed by atoms with van der Waals surface area (Å²) < 4.78 is 13.1. The van der Waals surface area contributed by atoms with Crippen molar-refractivity contribution in [1.29, 1.82) is 0 Å². The molecule has 4 nitrogen and oxygen atoms in total. The number of H-pyrrole nitrogens is 1. The molecule has 0 saturated carbocycles. The van der Waals surface area contributed by atoms with E-state index in [1.54, 1.807) is 12.1 Å². The van der Waals surface area contributed by atoms with Gasteiger partial charge in [-0.2, -0.15) is 5.10 Å². The number of hydrogen-bond acceptors (Lipinski definition) is 3. The van der Waals surface area contributed by atoms with E-state index >= 15 is 0 Å². The zero-order chi connectivity index (χ0) is 13.8. The van der Waals surface area contributed by atoms with Crippen LogP contribution in [0.2, 0.25) is 0 Å². The third-order valence-electron chi connectivity index (χ3n) is 2.73. The van der Waals surface area contributed by atoms with Crippen LogP contribution in [0.5, 0.6) is 0 Å². The van der Waals surface area contributed by atoms with Crippen molar-refractivity contribution in [1.82, 2.24) is 10.2 Å². The second-order valence-electron chi connectivity index (χ2n) is 4.29. The van der Waals surface area contributed by atoms with E-state index in [9.17, 15) is 4.39 Å². The van der Waals surface area contributed by atoms with Crippen LogP contribution < -0.4 is 10.6 Å². The number of para-hydroxylation sites is 1. The summed E-state index contributed by atoms with van der Waals surface area (Å²) in [7, 11) is 0. The smallest absolute Gasteiger partial charge is 0.154 e. The van der Waals surface area contributed by atoms with Crippen molar-refractivity contribution in [3.63, 3.8) is 0 Å². The van der Waals surface area contributed by atoms with Gasteiger partial charge in [-0.3, -0.25) is 5.10 Å². The van der Waals surface area contributed by atoms with Crippen molar-refractivity contribution in [2.24, 2.45) is 0 Å². The molecule has 0 atom stereocenters. The Kier molecular flexibility index (Phi) is 3.33. The fourth-order valence-corrected chi connectivity index (χ4v) is 1.84. The van der Waals surface area contributed by atoms with Gasteiger partial charge in [-0.15, -0.1) is 0 Å². The highest BCUT2D eigenvalue weighted by Crippen LogP contribution is 2.20. The standard InChI is InChI=1S/C15H13FN4/c16-11-5-4-8-13(9-11)18-15-10-14(19-20-15)17-12-6-2-1-3-7-12/h1-10H,(H3,17,18,19,20). The number of hydrogen-bond donors (Lipinski definition) is 3. The molecule has 1 aromatic heterocycles. The molecule has 20 heavy (non-hydrogen) atoms. The normalized spacial score (nSPS) is 10.2. The number of nitrogens with zero attached hydrogens (tertiary/aromatic N) is 1. The molecule has 0 aliphatic carbocycles. The van der Waals surface area contributed by atoms with Gasteiger partial charge in [0.2, 0.25) is 0 Å². The van der Waals surface area contributed by atoms with Crippen LogP contribution in [-0.2, 0) is 0 Å². The van der Waals surface area contributed by atoms with E-state index in [0.29, 0.717) is 17.3 Å². The lowest BCUT2D eigenvalue weighted by atomic mass is 10.3. The van der Waals surface area contributed by atoms with Crippen LogP contribution >= 0.6 is 0 Å². The van der Waals surface area contributed by atoms with Crippen molar-refractivity contribution in [2.75, 3.05) is 10.6 Å². The fourth-order valence-electron chi connectivity index (χ4n) is 1.84. The number of anilines is 4. The summed E-state index contributed by atoms with van der Waals surface area (Å²) in [6.07, 6.45) is 0. The van der Waals surface area contributed by atoms with Crippen molar-refractivity contribution in [3.8, 4) is 0 Å². The quantitative estimate of drug-likeness (QED) is 0.669. The largest absolute Gasteiger partial charge is 0.340 e. The second-order valence-corrected chi connectivity index (χ2v) is 4.29. The maximum absolute atomic E-state index is 13.1. The predicted molar refractivity (Wildman–Crippen MR) is 78.0 cm³/mol. The Balaban J connectivity index is 1.71. The highest BCUT2D eigenvalue weighted by molar-refractivity contribution is 5.63. The molecule has 2 aromatic carbocycles. The summed E-state index contributed by atoms with van der Waals surface area (Å²) in [6, 6.07) is 17.8. The van der Waals surface area contributed by atoms with Crippen molar-refractivity contribution >= 4 is 23.0 Å². The number of nitrogens with one attached hydrogen (secondary N) is 3. The molecule has 3 rings (SSSR count). The average Bonchev–Trinajstić information content (AvgIpc) is 2.87. The Morgan fingerprint density at radius 1 is 0.850 bits per heavy atom. The van der Waals surface area contributed by atoms with E-state index in [1.807, 2.05) is 36.4 Å². The van der Waals surface area contributed by atoms with Gasteiger partial charge in [0, 0.05) is 17.4 Å². The monoisotopic (exact) mass is 268 g/mol. The predicted octanol–water partition coefficient (Wildman–Crippen LogP) is 4.04. The number of aromatic amines is 1. The molecular formula is C15H13FN4. The summed E-state index contributed by atoms with van der Waals surface area (Å²) in [5.41, 5.74) is 1.62. The Morgan fingerprint density at radius 3 is 2.45 bits per heavy atom. The molecule has 100 valence electrons. The summed E-state index contributed by atoms with van der Waals surface area (Å²) in [4.78, 5) is 0. The van der Waals surface area contributed by atoms with Gasteiger partial charge < -0.3 is 10.6 Å². The zero-order valence-corrected chi connectivity index (χ0v) is 10.6. The van der Waals surface area contributed by atoms with E-state index in [2.05, 4.69) is 20.8 Å². The Hall–Kier alpha value is -2.82. The molecule has 0 bridgehead atoms. The average molecular weight is 268 g/mol. The first-order chi connectivity index (χ1) is 9.79. The van der Waals surface area contributed by atoms with Crippen molar-refractivity contribution in [3.05, 3.63) is 66.5 Å². The Bertz CT molecular complexity index is 694. The summed E-state index contributed by atoms with van der Waals surface area (Å²) >= 11 is 0. The fraction of sp³-hybridized carbons (Fsp3) is 0. The maximum Gasteiger partial charge on any atom is 0.154 e. The number of benzene rings is 2. The lowest BCUT2D eigenvalue weighted by Crippen LogP contribution is -1.90. The summed E-state index contributed by atoms with van der Waals surface area (Å²) in [5.74, 6) is 1.10. The molecule has 0 amide bonds. The molecule has 0 unspecified atom stereocenters. The first-order valence-electron chi connectivity index (χ1n) is 6.20. The number of aromatic nitrogens is 2. The molecular weight excluding hydrogens is 255 g/mol. The third kappa shape index (κ3) is 2.95. The highest BCUT2D eigenvalue weighted by Gasteiger charge is 2.02. The SMILES string of the molecule is Fc1cccc(Nc2cc(Nc3ccccc3)n[nH]2)c1. The van der Waals surface area contributed by atoms with E-state index < -0.39 is 0 Å². The van der Waals surface area contributed by atoms with Gasteiger partial charge >= 0.3 is 0 Å². The van der Waals surface area contributed by atoms with Gasteiger partial charge in [0.1, 0.15) is 11.6 Å². The lowest BCUT2D eigenvalue weighted by Gasteiger charge is -2.02. The summed E-state index contributed by atoms with van der Waals surface area (Å²) in [6.45, 7) is 0. The minimum atomic E-state index is -0.280. The van der Waals surface area contributed by atoms with Crippen LogP contribution in [0.4, 0.5) is 27.4 Å². The Labute approximate surface area is 115 Å². The second kappa shape index (κ2) is 5.44. The molecule has 3 N–H and O–H groups in total. The van der Waals surface area contributed by atoms with E-state index in [1.165, 1.54) is 12.1 Å². The van der Waals surface area contributed by atoms with Crippen LogP contribution in [0.15, 0.2) is 60.7 Å². The first kappa shape index (κ1) is 12.2. The molecule has 0 radical (unpaired) electrons. The van der Waals surface area contributed by atoms with E-state index in [-0.39, 0.29) is 5.82 Å². The molecule has 0 aliphatic rings. The van der Waals surface area contributed by atoms with Gasteiger partial charge in [0.05, 0.1) is 0 Å². The van der Waals surface area contributed by atoms with Gasteiger partial charge in [0.25, 0.3) is 0 Å². The molecule has 0 saturated heterocycles. The zero-order valence-electron chi connectivity index (χ0n) is 10.6. The molecule has 3 aromatic rings. The third-order valence-corrected chi connectivity index (χ3v) is 2.73. The molecule has 0 fully saturated rings. The van der Waals surface area contributed by atoms with E-state index in [4.69, 9.17) is 0 Å². The van der Waals surface area contributed by atoms with Crippen LogP contribution in [0.25, 0.3) is 0 Å².